The van der Waals surface area contributed by atoms with Crippen molar-refractivity contribution in [2.24, 2.45) is 0 Å². The van der Waals surface area contributed by atoms with Gasteiger partial charge in [-0.3, -0.25) is 4.79 Å². The number of carbonyl (C=O) groups excluding carboxylic acids is 1. The van der Waals surface area contributed by atoms with Gasteiger partial charge in [-0.2, -0.15) is 5.26 Å². The third-order valence-electron chi connectivity index (χ3n) is 3.89. The van der Waals surface area contributed by atoms with Crippen molar-refractivity contribution in [1.82, 2.24) is 4.57 Å². The van der Waals surface area contributed by atoms with Crippen LogP contribution in [0.2, 0.25) is 5.02 Å². The van der Waals surface area contributed by atoms with Crippen LogP contribution in [0.4, 0.5) is 5.69 Å². The summed E-state index contributed by atoms with van der Waals surface area (Å²) in [6.07, 6.45) is 5.31. The number of aryl methyl sites for hydroxylation is 1. The molecule has 0 fully saturated rings. The molecule has 3 rings (SSSR count). The van der Waals surface area contributed by atoms with Gasteiger partial charge in [0.25, 0.3) is 5.91 Å². The molecule has 4 nitrogen and oxygen atoms in total. The Hall–Kier alpha value is -3.29. The molecule has 0 radical (unpaired) electrons. The maximum atomic E-state index is 12.4. The molecule has 26 heavy (non-hydrogen) atoms. The molecular weight excluding hydrogens is 346 g/mol. The maximum Gasteiger partial charge on any atom is 0.266 e. The van der Waals surface area contributed by atoms with Crippen molar-refractivity contribution in [2.45, 2.75) is 6.92 Å². The van der Waals surface area contributed by atoms with Crippen molar-refractivity contribution in [1.29, 1.82) is 5.26 Å². The van der Waals surface area contributed by atoms with E-state index in [1.165, 1.54) is 0 Å². The van der Waals surface area contributed by atoms with E-state index in [0.29, 0.717) is 10.7 Å². The van der Waals surface area contributed by atoms with Crippen molar-refractivity contribution in [3.63, 3.8) is 0 Å². The van der Waals surface area contributed by atoms with Crippen molar-refractivity contribution < 1.29 is 4.79 Å². The number of rotatable bonds is 4. The number of halogens is 1. The van der Waals surface area contributed by atoms with E-state index in [2.05, 4.69) is 5.32 Å². The maximum absolute atomic E-state index is 12.4. The molecule has 0 bridgehead atoms. The van der Waals surface area contributed by atoms with Gasteiger partial charge in [0, 0.05) is 28.8 Å². The predicted molar refractivity (Wildman–Crippen MR) is 104 cm³/mol. The normalized spacial score (nSPS) is 11.0. The van der Waals surface area contributed by atoms with Crippen molar-refractivity contribution in [3.05, 3.63) is 88.7 Å². The van der Waals surface area contributed by atoms with Gasteiger partial charge in [-0.1, -0.05) is 35.9 Å². The van der Waals surface area contributed by atoms with E-state index in [4.69, 9.17) is 11.6 Å². The average molecular weight is 362 g/mol. The van der Waals surface area contributed by atoms with Crippen LogP contribution in [0.15, 0.2) is 72.6 Å². The summed E-state index contributed by atoms with van der Waals surface area (Å²) in [5, 5.41) is 12.6. The van der Waals surface area contributed by atoms with Gasteiger partial charge in [0.1, 0.15) is 11.6 Å². The summed E-state index contributed by atoms with van der Waals surface area (Å²) in [6.45, 7) is 1.86. The van der Waals surface area contributed by atoms with Gasteiger partial charge in [-0.05, 0) is 54.5 Å². The SMILES string of the molecule is Cc1ccc(Cl)cc1NC(=O)/C(C#N)=C/c1ccn(-c2ccccc2)c1. The molecule has 1 heterocycles. The number of carbonyl (C=O) groups is 1. The number of benzene rings is 2. The van der Waals surface area contributed by atoms with Crippen LogP contribution in [0, 0.1) is 18.3 Å². The Morgan fingerprint density at radius 3 is 2.69 bits per heavy atom. The first-order valence-corrected chi connectivity index (χ1v) is 8.37. The third-order valence-corrected chi connectivity index (χ3v) is 4.13. The van der Waals surface area contributed by atoms with E-state index in [-0.39, 0.29) is 5.57 Å². The zero-order chi connectivity index (χ0) is 18.5. The minimum absolute atomic E-state index is 0.0233. The number of hydrogen-bond donors (Lipinski definition) is 1. The van der Waals surface area contributed by atoms with Crippen LogP contribution in [0.1, 0.15) is 11.1 Å². The van der Waals surface area contributed by atoms with Gasteiger partial charge in [-0.15, -0.1) is 0 Å². The minimum atomic E-state index is -0.467. The van der Waals surface area contributed by atoms with Gasteiger partial charge in [-0.25, -0.2) is 0 Å². The number of nitriles is 1. The number of para-hydroxylation sites is 1. The summed E-state index contributed by atoms with van der Waals surface area (Å²) >= 11 is 5.97. The largest absolute Gasteiger partial charge is 0.323 e. The second-order valence-electron chi connectivity index (χ2n) is 5.77. The molecule has 128 valence electrons. The Bertz CT molecular complexity index is 1010. The number of anilines is 1. The van der Waals surface area contributed by atoms with Gasteiger partial charge < -0.3 is 9.88 Å². The Labute approximate surface area is 157 Å². The van der Waals surface area contributed by atoms with Gasteiger partial charge >= 0.3 is 0 Å². The molecule has 0 aliphatic heterocycles. The fourth-order valence-electron chi connectivity index (χ4n) is 2.49. The highest BCUT2D eigenvalue weighted by Gasteiger charge is 2.11. The lowest BCUT2D eigenvalue weighted by atomic mass is 10.1. The monoisotopic (exact) mass is 361 g/mol. The first kappa shape index (κ1) is 17.5. The Morgan fingerprint density at radius 1 is 1.19 bits per heavy atom. The van der Waals surface area contributed by atoms with E-state index < -0.39 is 5.91 Å². The van der Waals surface area contributed by atoms with Gasteiger partial charge in [0.15, 0.2) is 0 Å². The van der Waals surface area contributed by atoms with Crippen molar-refractivity contribution in [2.75, 3.05) is 5.32 Å². The first-order chi connectivity index (χ1) is 12.6. The van der Waals surface area contributed by atoms with E-state index in [9.17, 15) is 10.1 Å². The molecular formula is C21H16ClN3O. The lowest BCUT2D eigenvalue weighted by molar-refractivity contribution is -0.112. The van der Waals surface area contributed by atoms with E-state index >= 15 is 0 Å². The zero-order valence-corrected chi connectivity index (χ0v) is 14.9. The fourth-order valence-corrected chi connectivity index (χ4v) is 2.67. The topological polar surface area (TPSA) is 57.8 Å². The molecule has 0 aliphatic rings. The quantitative estimate of drug-likeness (QED) is 0.526. The highest BCUT2D eigenvalue weighted by Crippen LogP contribution is 2.21. The fraction of sp³-hybridized carbons (Fsp3) is 0.0476. The molecule has 0 unspecified atom stereocenters. The Morgan fingerprint density at radius 2 is 1.96 bits per heavy atom. The van der Waals surface area contributed by atoms with Crippen LogP contribution in [0.3, 0.4) is 0 Å². The lowest BCUT2D eigenvalue weighted by Gasteiger charge is -2.08. The molecule has 0 saturated heterocycles. The molecule has 1 N–H and O–H groups in total. The second-order valence-corrected chi connectivity index (χ2v) is 6.21. The summed E-state index contributed by atoms with van der Waals surface area (Å²) in [7, 11) is 0. The van der Waals surface area contributed by atoms with E-state index in [1.54, 1.807) is 18.2 Å². The van der Waals surface area contributed by atoms with Crippen LogP contribution in [0.25, 0.3) is 11.8 Å². The molecule has 5 heteroatoms. The van der Waals surface area contributed by atoms with E-state index in [0.717, 1.165) is 16.8 Å². The standard InChI is InChI=1S/C21H16ClN3O/c1-15-7-8-18(22)12-20(15)24-21(26)17(13-23)11-16-9-10-25(14-16)19-5-3-2-4-6-19/h2-12,14H,1H3,(H,24,26)/b17-11+. The highest BCUT2D eigenvalue weighted by molar-refractivity contribution is 6.31. The number of hydrogen-bond acceptors (Lipinski definition) is 2. The first-order valence-electron chi connectivity index (χ1n) is 7.99. The molecule has 0 atom stereocenters. The van der Waals surface area contributed by atoms with Crippen LogP contribution in [-0.4, -0.2) is 10.5 Å². The van der Waals surface area contributed by atoms with Crippen molar-refractivity contribution in [3.8, 4) is 11.8 Å². The number of amides is 1. The Balaban J connectivity index is 1.82. The average Bonchev–Trinajstić information content (AvgIpc) is 3.12. The predicted octanol–water partition coefficient (Wildman–Crippen LogP) is 4.98. The summed E-state index contributed by atoms with van der Waals surface area (Å²) < 4.78 is 1.93. The number of aromatic nitrogens is 1. The van der Waals surface area contributed by atoms with Crippen LogP contribution in [-0.2, 0) is 4.79 Å². The molecule has 3 aromatic rings. The summed E-state index contributed by atoms with van der Waals surface area (Å²) in [5.74, 6) is -0.467. The van der Waals surface area contributed by atoms with Gasteiger partial charge in [0.2, 0.25) is 0 Å². The molecule has 0 saturated carbocycles. The molecule has 2 aromatic carbocycles. The minimum Gasteiger partial charge on any atom is -0.323 e. The summed E-state index contributed by atoms with van der Waals surface area (Å²) in [4.78, 5) is 12.4. The molecule has 1 amide bonds. The van der Waals surface area contributed by atoms with Crippen LogP contribution >= 0.6 is 11.6 Å². The lowest BCUT2D eigenvalue weighted by Crippen LogP contribution is -2.14. The highest BCUT2D eigenvalue weighted by atomic mass is 35.5. The second kappa shape index (κ2) is 7.73. The molecule has 0 aliphatic carbocycles. The smallest absolute Gasteiger partial charge is 0.266 e. The number of nitrogens with zero attached hydrogens (tertiary/aromatic N) is 2. The van der Waals surface area contributed by atoms with Crippen LogP contribution in [0.5, 0.6) is 0 Å². The van der Waals surface area contributed by atoms with Gasteiger partial charge in [0.05, 0.1) is 0 Å². The summed E-state index contributed by atoms with van der Waals surface area (Å²) in [6, 6.07) is 18.8. The number of nitrogens with one attached hydrogen (secondary N) is 1. The van der Waals surface area contributed by atoms with Crippen molar-refractivity contribution >= 4 is 29.3 Å². The molecule has 1 aromatic heterocycles. The third kappa shape index (κ3) is 4.02. The Kier molecular flexibility index (Phi) is 5.21. The zero-order valence-electron chi connectivity index (χ0n) is 14.1. The van der Waals surface area contributed by atoms with Crippen LogP contribution < -0.4 is 5.32 Å². The summed E-state index contributed by atoms with van der Waals surface area (Å²) in [5.41, 5.74) is 3.25. The van der Waals surface area contributed by atoms with E-state index in [1.807, 2.05) is 72.4 Å². The molecule has 0 spiro atoms.